The highest BCUT2D eigenvalue weighted by Gasteiger charge is 2.14. The highest BCUT2D eigenvalue weighted by molar-refractivity contribution is 14.1. The molecule has 0 atom stereocenters. The minimum absolute atomic E-state index is 0.305. The second-order valence-corrected chi connectivity index (χ2v) is 7.88. The number of aliphatic imine (C=N–C) groups is 1. The number of hydrogen-bond acceptors (Lipinski definition) is 5. The van der Waals surface area contributed by atoms with Gasteiger partial charge < -0.3 is 13.9 Å². The van der Waals surface area contributed by atoms with Crippen molar-refractivity contribution in [3.63, 3.8) is 0 Å². The van der Waals surface area contributed by atoms with Gasteiger partial charge in [-0.05, 0) is 71.8 Å². The molecule has 29 heavy (non-hydrogen) atoms. The number of benzene rings is 2. The molecule has 0 bridgehead atoms. The van der Waals surface area contributed by atoms with Crippen molar-refractivity contribution in [2.75, 3.05) is 7.11 Å². The Balaban J connectivity index is 1.83. The van der Waals surface area contributed by atoms with Gasteiger partial charge in [0.25, 0.3) is 0 Å². The van der Waals surface area contributed by atoms with Gasteiger partial charge in [0.2, 0.25) is 5.88 Å². The first-order valence-corrected chi connectivity index (χ1v) is 10.2. The van der Waals surface area contributed by atoms with Crippen molar-refractivity contribution in [1.82, 2.24) is 0 Å². The maximum atomic E-state index is 9.31. The molecule has 0 saturated carbocycles. The molecule has 1 aromatic heterocycles. The van der Waals surface area contributed by atoms with Crippen molar-refractivity contribution in [2.24, 2.45) is 4.99 Å². The summed E-state index contributed by atoms with van der Waals surface area (Å²) in [5, 5.41) is 10.00. The summed E-state index contributed by atoms with van der Waals surface area (Å²) < 4.78 is 17.9. The molecule has 2 aromatic carbocycles. The first kappa shape index (κ1) is 21.2. The molecule has 0 saturated heterocycles. The summed E-state index contributed by atoms with van der Waals surface area (Å²) >= 11 is 8.12. The molecule has 0 radical (unpaired) electrons. The maximum absolute atomic E-state index is 9.31. The van der Waals surface area contributed by atoms with Gasteiger partial charge in [0, 0.05) is 16.8 Å². The second kappa shape index (κ2) is 9.33. The lowest BCUT2D eigenvalue weighted by molar-refractivity contribution is 0.282. The lowest BCUT2D eigenvalue weighted by atomic mass is 10.2. The lowest BCUT2D eigenvalue weighted by Gasteiger charge is -2.13. The van der Waals surface area contributed by atoms with Crippen molar-refractivity contribution in [3.05, 3.63) is 73.0 Å². The molecule has 7 heteroatoms. The normalized spacial score (nSPS) is 10.9. The fourth-order valence-electron chi connectivity index (χ4n) is 2.66. The van der Waals surface area contributed by atoms with E-state index in [0.29, 0.717) is 40.3 Å². The summed E-state index contributed by atoms with van der Waals surface area (Å²) in [5.74, 6) is 2.24. The van der Waals surface area contributed by atoms with Gasteiger partial charge in [0.15, 0.2) is 11.5 Å². The van der Waals surface area contributed by atoms with E-state index in [9.17, 15) is 5.26 Å². The zero-order valence-corrected chi connectivity index (χ0v) is 19.0. The van der Waals surface area contributed by atoms with E-state index >= 15 is 0 Å². The van der Waals surface area contributed by atoms with E-state index in [1.54, 1.807) is 13.3 Å². The number of ether oxygens (including phenoxy) is 2. The number of furan rings is 1. The number of rotatable bonds is 6. The molecule has 148 valence electrons. The van der Waals surface area contributed by atoms with E-state index in [-0.39, 0.29) is 0 Å². The van der Waals surface area contributed by atoms with Crippen LogP contribution in [0.2, 0.25) is 5.02 Å². The molecule has 0 aliphatic carbocycles. The van der Waals surface area contributed by atoms with Gasteiger partial charge in [-0.25, -0.2) is 4.99 Å². The third kappa shape index (κ3) is 4.92. The molecule has 0 unspecified atom stereocenters. The molecule has 0 aliphatic rings. The summed E-state index contributed by atoms with van der Waals surface area (Å²) in [7, 11) is 1.59. The van der Waals surface area contributed by atoms with E-state index in [2.05, 4.69) is 33.7 Å². The average molecular weight is 521 g/mol. The molecular weight excluding hydrogens is 503 g/mol. The largest absolute Gasteiger partial charge is 0.493 e. The summed E-state index contributed by atoms with van der Waals surface area (Å²) in [6.07, 6.45) is 1.65. The Morgan fingerprint density at radius 2 is 1.97 bits per heavy atom. The zero-order chi connectivity index (χ0) is 21.0. The fourth-order valence-corrected chi connectivity index (χ4v) is 3.56. The Bertz CT molecular complexity index is 1100. The summed E-state index contributed by atoms with van der Waals surface area (Å²) in [4.78, 5) is 4.35. The summed E-state index contributed by atoms with van der Waals surface area (Å²) in [5.41, 5.74) is 3.06. The van der Waals surface area contributed by atoms with Gasteiger partial charge in [0.1, 0.15) is 24.0 Å². The maximum Gasteiger partial charge on any atom is 0.237 e. The fraction of sp³-hybridized carbons (Fsp3) is 0.182. The first-order chi connectivity index (χ1) is 13.9. The van der Waals surface area contributed by atoms with Crippen molar-refractivity contribution < 1.29 is 13.9 Å². The molecule has 3 rings (SSSR count). The molecule has 0 N–H and O–H groups in total. The lowest BCUT2D eigenvalue weighted by Crippen LogP contribution is -2.00. The molecule has 1 heterocycles. The highest BCUT2D eigenvalue weighted by Crippen LogP contribution is 2.35. The third-order valence-corrected chi connectivity index (χ3v) is 5.41. The van der Waals surface area contributed by atoms with Crippen LogP contribution in [0.3, 0.4) is 0 Å². The van der Waals surface area contributed by atoms with E-state index in [1.807, 2.05) is 50.2 Å². The Kier molecular flexibility index (Phi) is 6.83. The van der Waals surface area contributed by atoms with Gasteiger partial charge in [-0.1, -0.05) is 23.7 Å². The Morgan fingerprint density at radius 3 is 2.62 bits per heavy atom. The van der Waals surface area contributed by atoms with E-state index in [1.165, 1.54) is 0 Å². The van der Waals surface area contributed by atoms with Crippen molar-refractivity contribution >= 4 is 46.3 Å². The number of methoxy groups -OCH3 is 1. The molecule has 0 spiro atoms. The molecule has 0 fully saturated rings. The van der Waals surface area contributed by atoms with Crippen LogP contribution in [0.15, 0.2) is 45.8 Å². The van der Waals surface area contributed by atoms with Crippen molar-refractivity contribution in [2.45, 2.75) is 20.5 Å². The molecule has 3 aromatic rings. The minimum Gasteiger partial charge on any atom is -0.493 e. The van der Waals surface area contributed by atoms with Crippen LogP contribution in [0.25, 0.3) is 0 Å². The van der Waals surface area contributed by atoms with Gasteiger partial charge in [-0.3, -0.25) is 0 Å². The number of hydrogen-bond donors (Lipinski definition) is 0. The van der Waals surface area contributed by atoms with Crippen molar-refractivity contribution in [3.8, 4) is 17.6 Å². The standard InChI is InChI=1S/C22H18ClIN2O3/c1-13-14(2)29-22(18(13)10-25)26-11-16-8-19(24)21(20(9-16)27-3)28-12-15-4-6-17(23)7-5-15/h4-9,11H,12H2,1-3H3. The molecule has 0 aliphatic heterocycles. The van der Waals surface area contributed by atoms with E-state index < -0.39 is 0 Å². The SMILES string of the molecule is COc1cc(C=Nc2oc(C)c(C)c2C#N)cc(I)c1OCc1ccc(Cl)cc1. The van der Waals surface area contributed by atoms with Crippen LogP contribution in [-0.4, -0.2) is 13.3 Å². The second-order valence-electron chi connectivity index (χ2n) is 6.28. The van der Waals surface area contributed by atoms with Crippen LogP contribution in [0, 0.1) is 28.7 Å². The van der Waals surface area contributed by atoms with Crippen LogP contribution < -0.4 is 9.47 Å². The number of halogens is 2. The molecule has 0 amide bonds. The van der Waals surface area contributed by atoms with E-state index in [4.69, 9.17) is 25.5 Å². The summed E-state index contributed by atoms with van der Waals surface area (Å²) in [6.45, 7) is 4.05. The predicted octanol–water partition coefficient (Wildman–Crippen LogP) is 6.36. The Hall–Kier alpha value is -2.50. The van der Waals surface area contributed by atoms with Gasteiger partial charge >= 0.3 is 0 Å². The molecule has 5 nitrogen and oxygen atoms in total. The monoisotopic (exact) mass is 520 g/mol. The van der Waals surface area contributed by atoms with Crippen LogP contribution in [0.5, 0.6) is 11.5 Å². The highest BCUT2D eigenvalue weighted by atomic mass is 127. The van der Waals surface area contributed by atoms with E-state index in [0.717, 1.165) is 20.3 Å². The van der Waals surface area contributed by atoms with Crippen molar-refractivity contribution in [1.29, 1.82) is 5.26 Å². The number of nitrogens with zero attached hydrogens (tertiary/aromatic N) is 2. The minimum atomic E-state index is 0.305. The van der Waals surface area contributed by atoms with Gasteiger partial charge in [-0.2, -0.15) is 5.26 Å². The zero-order valence-electron chi connectivity index (χ0n) is 16.1. The smallest absolute Gasteiger partial charge is 0.237 e. The topological polar surface area (TPSA) is 67.8 Å². The van der Waals surface area contributed by atoms with Crippen LogP contribution in [0.1, 0.15) is 28.0 Å². The average Bonchev–Trinajstić information content (AvgIpc) is 2.99. The van der Waals surface area contributed by atoms with Gasteiger partial charge in [-0.15, -0.1) is 0 Å². The molecular formula is C22H18ClIN2O3. The number of aryl methyl sites for hydroxylation is 1. The third-order valence-electron chi connectivity index (χ3n) is 4.36. The number of nitriles is 1. The Labute approximate surface area is 188 Å². The predicted molar refractivity (Wildman–Crippen MR) is 122 cm³/mol. The summed E-state index contributed by atoms with van der Waals surface area (Å²) in [6, 6.07) is 13.4. The quantitative estimate of drug-likeness (QED) is 0.280. The van der Waals surface area contributed by atoms with Crippen LogP contribution in [-0.2, 0) is 6.61 Å². The van der Waals surface area contributed by atoms with Crippen LogP contribution in [0.4, 0.5) is 5.88 Å². The van der Waals surface area contributed by atoms with Gasteiger partial charge in [0.05, 0.1) is 10.7 Å². The first-order valence-electron chi connectivity index (χ1n) is 8.72. The van der Waals surface area contributed by atoms with Crippen LogP contribution >= 0.6 is 34.2 Å². The Morgan fingerprint density at radius 1 is 1.24 bits per heavy atom.